The summed E-state index contributed by atoms with van der Waals surface area (Å²) in [5, 5.41) is 3.66. The lowest BCUT2D eigenvalue weighted by atomic mass is 10.1. The highest BCUT2D eigenvalue weighted by atomic mass is 16.8. The summed E-state index contributed by atoms with van der Waals surface area (Å²) in [6.45, 7) is 0.269. The molecule has 1 saturated heterocycles. The van der Waals surface area contributed by atoms with Gasteiger partial charge in [-0.25, -0.2) is 0 Å². The Bertz CT molecular complexity index is 265. The molecule has 3 heterocycles. The number of oxime groups is 1. The lowest BCUT2D eigenvalue weighted by Gasteiger charge is -2.23. The lowest BCUT2D eigenvalue weighted by Crippen LogP contribution is -2.40. The van der Waals surface area contributed by atoms with Gasteiger partial charge in [0.25, 0.3) is 0 Å². The van der Waals surface area contributed by atoms with Crippen LogP contribution < -0.4 is 0 Å². The Morgan fingerprint density at radius 1 is 1.58 bits per heavy atom. The van der Waals surface area contributed by atoms with Crippen molar-refractivity contribution in [2.45, 2.75) is 18.3 Å². The van der Waals surface area contributed by atoms with Gasteiger partial charge in [-0.2, -0.15) is 0 Å². The molecule has 64 valence electrons. The highest BCUT2D eigenvalue weighted by molar-refractivity contribution is 5.60. The minimum Gasteiger partial charge on any atom is -0.466 e. The molecule has 0 amide bonds. The Labute approximate surface area is 68.5 Å². The molecule has 0 aliphatic carbocycles. The van der Waals surface area contributed by atoms with Crippen molar-refractivity contribution in [2.24, 2.45) is 5.16 Å². The van der Waals surface area contributed by atoms with Crippen LogP contribution in [-0.2, 0) is 19.0 Å². The molecule has 5 heteroatoms. The van der Waals surface area contributed by atoms with Crippen LogP contribution in [0.3, 0.4) is 0 Å². The topological polar surface area (TPSA) is 49.3 Å². The standard InChI is InChI=1S/C7H7NO4/c1-2-8-12-7(1)6-5(3-11-7)9-4-10-6/h2-3,6H,1,4H2. The van der Waals surface area contributed by atoms with Gasteiger partial charge in [0, 0.05) is 0 Å². The Kier molecular flexibility index (Phi) is 1.01. The van der Waals surface area contributed by atoms with Crippen LogP contribution in [0.2, 0.25) is 0 Å². The molecule has 12 heavy (non-hydrogen) atoms. The van der Waals surface area contributed by atoms with Crippen molar-refractivity contribution in [2.75, 3.05) is 6.79 Å². The largest absolute Gasteiger partial charge is 0.466 e. The van der Waals surface area contributed by atoms with Gasteiger partial charge in [-0.3, -0.25) is 0 Å². The minimum absolute atomic E-state index is 0.250. The number of hydrogen-bond acceptors (Lipinski definition) is 5. The molecule has 2 atom stereocenters. The van der Waals surface area contributed by atoms with Crippen LogP contribution in [0.1, 0.15) is 6.42 Å². The summed E-state index contributed by atoms with van der Waals surface area (Å²) < 4.78 is 15.7. The van der Waals surface area contributed by atoms with Crippen LogP contribution in [0, 0.1) is 0 Å². The molecule has 3 rings (SSSR count). The van der Waals surface area contributed by atoms with E-state index in [0.717, 1.165) is 0 Å². The third kappa shape index (κ3) is 0.597. The second kappa shape index (κ2) is 1.92. The van der Waals surface area contributed by atoms with E-state index in [1.807, 2.05) is 0 Å². The van der Waals surface area contributed by atoms with E-state index in [2.05, 4.69) is 5.16 Å². The highest BCUT2D eigenvalue weighted by Crippen LogP contribution is 2.40. The summed E-state index contributed by atoms with van der Waals surface area (Å²) in [5.74, 6) is -0.0771. The average Bonchev–Trinajstić information content (AvgIpc) is 2.76. The molecule has 0 N–H and O–H groups in total. The normalized spacial score (nSPS) is 42.0. The third-order valence-corrected chi connectivity index (χ3v) is 2.15. The summed E-state index contributed by atoms with van der Waals surface area (Å²) in [6, 6.07) is 0. The molecule has 0 aromatic heterocycles. The first-order valence-corrected chi connectivity index (χ1v) is 3.73. The van der Waals surface area contributed by atoms with Crippen molar-refractivity contribution in [3.05, 3.63) is 12.0 Å². The van der Waals surface area contributed by atoms with Crippen molar-refractivity contribution in [1.29, 1.82) is 0 Å². The predicted octanol–water partition coefficient (Wildman–Crippen LogP) is 0.333. The van der Waals surface area contributed by atoms with Crippen molar-refractivity contribution in [1.82, 2.24) is 0 Å². The first-order chi connectivity index (χ1) is 5.91. The Balaban J connectivity index is 1.92. The van der Waals surface area contributed by atoms with E-state index in [-0.39, 0.29) is 12.9 Å². The van der Waals surface area contributed by atoms with Gasteiger partial charge in [0.05, 0.1) is 12.6 Å². The van der Waals surface area contributed by atoms with Crippen LogP contribution in [0.25, 0.3) is 0 Å². The third-order valence-electron chi connectivity index (χ3n) is 2.15. The SMILES string of the molecule is C1=NOC2(C1)OC=C1OCOC12. The zero-order valence-corrected chi connectivity index (χ0v) is 6.23. The summed E-state index contributed by atoms with van der Waals surface area (Å²) in [5.41, 5.74) is 0. The summed E-state index contributed by atoms with van der Waals surface area (Å²) in [4.78, 5) is 5.11. The summed E-state index contributed by atoms with van der Waals surface area (Å²) in [7, 11) is 0. The quantitative estimate of drug-likeness (QED) is 0.524. The molecule has 0 saturated carbocycles. The number of rotatable bonds is 0. The first kappa shape index (κ1) is 6.30. The van der Waals surface area contributed by atoms with Crippen molar-refractivity contribution < 1.29 is 19.0 Å². The van der Waals surface area contributed by atoms with E-state index < -0.39 is 5.79 Å². The Morgan fingerprint density at radius 3 is 3.42 bits per heavy atom. The number of fused-ring (bicyclic) bond motifs is 2. The van der Waals surface area contributed by atoms with E-state index in [0.29, 0.717) is 12.2 Å². The maximum Gasteiger partial charge on any atom is 0.313 e. The number of hydrogen-bond donors (Lipinski definition) is 0. The van der Waals surface area contributed by atoms with Crippen molar-refractivity contribution in [3.8, 4) is 0 Å². The van der Waals surface area contributed by atoms with Gasteiger partial charge >= 0.3 is 5.79 Å². The molecule has 0 bridgehead atoms. The van der Waals surface area contributed by atoms with Crippen molar-refractivity contribution >= 4 is 6.21 Å². The van der Waals surface area contributed by atoms with E-state index >= 15 is 0 Å². The van der Waals surface area contributed by atoms with E-state index in [9.17, 15) is 0 Å². The molecule has 5 nitrogen and oxygen atoms in total. The van der Waals surface area contributed by atoms with Gasteiger partial charge in [0.1, 0.15) is 6.26 Å². The Morgan fingerprint density at radius 2 is 2.58 bits per heavy atom. The molecular formula is C7H7NO4. The molecule has 3 aliphatic rings. The number of nitrogens with zero attached hydrogens (tertiary/aromatic N) is 1. The van der Waals surface area contributed by atoms with E-state index in [1.165, 1.54) is 6.26 Å². The fourth-order valence-corrected chi connectivity index (χ4v) is 1.54. The van der Waals surface area contributed by atoms with E-state index in [4.69, 9.17) is 19.0 Å². The molecule has 0 radical (unpaired) electrons. The van der Waals surface area contributed by atoms with Crippen LogP contribution in [0.4, 0.5) is 0 Å². The zero-order valence-electron chi connectivity index (χ0n) is 6.23. The molecular weight excluding hydrogens is 162 g/mol. The maximum absolute atomic E-state index is 5.31. The van der Waals surface area contributed by atoms with Gasteiger partial charge in [-0.05, 0) is 0 Å². The Hall–Kier alpha value is -1.23. The summed E-state index contributed by atoms with van der Waals surface area (Å²) >= 11 is 0. The van der Waals surface area contributed by atoms with Gasteiger partial charge in [-0.15, -0.1) is 0 Å². The lowest BCUT2D eigenvalue weighted by molar-refractivity contribution is -0.227. The molecule has 1 spiro atoms. The molecule has 0 aromatic rings. The van der Waals surface area contributed by atoms with Gasteiger partial charge < -0.3 is 19.0 Å². The highest BCUT2D eigenvalue weighted by Gasteiger charge is 2.55. The predicted molar refractivity (Wildman–Crippen MR) is 36.9 cm³/mol. The van der Waals surface area contributed by atoms with Crippen molar-refractivity contribution in [3.63, 3.8) is 0 Å². The van der Waals surface area contributed by atoms with E-state index in [1.54, 1.807) is 6.21 Å². The molecule has 0 aromatic carbocycles. The zero-order chi connectivity index (χ0) is 8.02. The second-order valence-corrected chi connectivity index (χ2v) is 2.84. The van der Waals surface area contributed by atoms with Gasteiger partial charge in [0.15, 0.2) is 12.6 Å². The second-order valence-electron chi connectivity index (χ2n) is 2.84. The minimum atomic E-state index is -0.772. The fourth-order valence-electron chi connectivity index (χ4n) is 1.54. The molecule has 2 unspecified atom stereocenters. The summed E-state index contributed by atoms with van der Waals surface area (Å²) in [6.07, 6.45) is 3.55. The fraction of sp³-hybridized carbons (Fsp3) is 0.571. The average molecular weight is 169 g/mol. The van der Waals surface area contributed by atoms with Crippen LogP contribution in [0.15, 0.2) is 17.2 Å². The molecule has 1 fully saturated rings. The van der Waals surface area contributed by atoms with Crippen LogP contribution >= 0.6 is 0 Å². The first-order valence-electron chi connectivity index (χ1n) is 3.73. The maximum atomic E-state index is 5.31. The smallest absolute Gasteiger partial charge is 0.313 e. The van der Waals surface area contributed by atoms with Gasteiger partial charge in [-0.1, -0.05) is 5.16 Å². The van der Waals surface area contributed by atoms with Crippen LogP contribution in [0.5, 0.6) is 0 Å². The molecule has 3 aliphatic heterocycles. The van der Waals surface area contributed by atoms with Crippen LogP contribution in [-0.4, -0.2) is 24.9 Å². The monoisotopic (exact) mass is 169 g/mol. The van der Waals surface area contributed by atoms with Gasteiger partial charge in [0.2, 0.25) is 6.10 Å². The number of ether oxygens (including phenoxy) is 3.